The Hall–Kier alpha value is -2.50. The molecule has 1 aromatic carbocycles. The summed E-state index contributed by atoms with van der Waals surface area (Å²) < 4.78 is 19.3. The number of benzene rings is 1. The summed E-state index contributed by atoms with van der Waals surface area (Å²) in [6, 6.07) is 12.2. The van der Waals surface area contributed by atoms with E-state index >= 15 is 0 Å². The molecule has 0 bridgehead atoms. The van der Waals surface area contributed by atoms with Crippen molar-refractivity contribution in [3.05, 3.63) is 78.3 Å². The van der Waals surface area contributed by atoms with Crippen molar-refractivity contribution in [2.45, 2.75) is 12.6 Å². The second-order valence-electron chi connectivity index (χ2n) is 5.20. The van der Waals surface area contributed by atoms with Crippen LogP contribution < -0.4 is 5.32 Å². The minimum Gasteiger partial charge on any atom is -0.467 e. The van der Waals surface area contributed by atoms with Crippen LogP contribution in [0.4, 0.5) is 4.39 Å². The van der Waals surface area contributed by atoms with Gasteiger partial charge < -0.3 is 14.8 Å². The van der Waals surface area contributed by atoms with E-state index in [1.54, 1.807) is 30.6 Å². The van der Waals surface area contributed by atoms with Crippen LogP contribution in [0.5, 0.6) is 0 Å². The Morgan fingerprint density at radius 1 is 1.13 bits per heavy atom. The van der Waals surface area contributed by atoms with E-state index in [9.17, 15) is 9.50 Å². The molecule has 1 unspecified atom stereocenters. The molecule has 4 nitrogen and oxygen atoms in total. The topological polar surface area (TPSA) is 58.3 Å². The summed E-state index contributed by atoms with van der Waals surface area (Å²) in [5, 5.41) is 12.9. The molecule has 0 fully saturated rings. The highest BCUT2D eigenvalue weighted by Gasteiger charge is 2.10. The molecule has 0 radical (unpaired) electrons. The van der Waals surface area contributed by atoms with Gasteiger partial charge >= 0.3 is 0 Å². The quantitative estimate of drug-likeness (QED) is 0.733. The van der Waals surface area contributed by atoms with Crippen LogP contribution in [-0.4, -0.2) is 16.6 Å². The summed E-state index contributed by atoms with van der Waals surface area (Å²) in [4.78, 5) is 3.95. The van der Waals surface area contributed by atoms with Crippen LogP contribution in [-0.2, 0) is 6.54 Å². The van der Waals surface area contributed by atoms with Crippen LogP contribution in [0.2, 0.25) is 0 Å². The summed E-state index contributed by atoms with van der Waals surface area (Å²) >= 11 is 0. The Bertz CT molecular complexity index is 745. The van der Waals surface area contributed by atoms with Gasteiger partial charge in [0, 0.05) is 31.0 Å². The van der Waals surface area contributed by atoms with E-state index in [2.05, 4.69) is 10.3 Å². The van der Waals surface area contributed by atoms with E-state index in [4.69, 9.17) is 4.42 Å². The summed E-state index contributed by atoms with van der Waals surface area (Å²) in [6.07, 6.45) is 4.12. The first-order valence-electron chi connectivity index (χ1n) is 7.35. The third kappa shape index (κ3) is 3.83. The van der Waals surface area contributed by atoms with E-state index in [1.807, 2.05) is 18.2 Å². The van der Waals surface area contributed by atoms with Crippen LogP contribution in [0, 0.1) is 5.82 Å². The zero-order valence-corrected chi connectivity index (χ0v) is 12.4. The number of hydrogen-bond acceptors (Lipinski definition) is 4. The molecule has 0 aliphatic heterocycles. The highest BCUT2D eigenvalue weighted by Crippen LogP contribution is 2.21. The van der Waals surface area contributed by atoms with E-state index in [0.717, 1.165) is 11.1 Å². The molecular weight excluding hydrogens is 295 g/mol. The summed E-state index contributed by atoms with van der Waals surface area (Å²) in [7, 11) is 0. The molecule has 2 heterocycles. The lowest BCUT2D eigenvalue weighted by molar-refractivity contribution is 0.147. The first kappa shape index (κ1) is 15.4. The highest BCUT2D eigenvalue weighted by molar-refractivity contribution is 5.63. The molecule has 5 heteroatoms. The predicted octanol–water partition coefficient (Wildman–Crippen LogP) is 3.30. The lowest BCUT2D eigenvalue weighted by atomic mass is 10.0. The van der Waals surface area contributed by atoms with E-state index < -0.39 is 6.10 Å². The van der Waals surface area contributed by atoms with Gasteiger partial charge in [0.15, 0.2) is 0 Å². The van der Waals surface area contributed by atoms with Gasteiger partial charge in [0.2, 0.25) is 0 Å². The van der Waals surface area contributed by atoms with Gasteiger partial charge in [-0.15, -0.1) is 0 Å². The molecule has 0 amide bonds. The lowest BCUT2D eigenvalue weighted by Gasteiger charge is -2.11. The highest BCUT2D eigenvalue weighted by atomic mass is 19.1. The molecule has 118 valence electrons. The van der Waals surface area contributed by atoms with Crippen molar-refractivity contribution in [1.29, 1.82) is 0 Å². The molecule has 1 atom stereocenters. The molecule has 0 saturated heterocycles. The predicted molar refractivity (Wildman–Crippen MR) is 85.0 cm³/mol. The third-order valence-electron chi connectivity index (χ3n) is 3.59. The minimum atomic E-state index is -0.746. The van der Waals surface area contributed by atoms with Crippen molar-refractivity contribution in [1.82, 2.24) is 10.3 Å². The lowest BCUT2D eigenvalue weighted by Crippen LogP contribution is -2.21. The second-order valence-corrected chi connectivity index (χ2v) is 5.20. The number of halogens is 1. The Kier molecular flexibility index (Phi) is 4.80. The maximum Gasteiger partial charge on any atom is 0.133 e. The van der Waals surface area contributed by atoms with Gasteiger partial charge in [-0.1, -0.05) is 12.1 Å². The van der Waals surface area contributed by atoms with E-state index in [0.29, 0.717) is 24.4 Å². The number of nitrogens with zero attached hydrogens (tertiary/aromatic N) is 1. The van der Waals surface area contributed by atoms with Gasteiger partial charge in [-0.3, -0.25) is 4.98 Å². The SMILES string of the molecule is OC(CNCc1ccc(-c2ccncc2)cc1F)c1ccco1. The smallest absolute Gasteiger partial charge is 0.133 e. The molecule has 0 saturated carbocycles. The number of aliphatic hydroxyl groups is 1. The van der Waals surface area contributed by atoms with Crippen LogP contribution in [0.1, 0.15) is 17.4 Å². The molecular formula is C18H17FN2O2. The summed E-state index contributed by atoms with van der Waals surface area (Å²) in [5.41, 5.74) is 2.28. The number of hydrogen-bond donors (Lipinski definition) is 2. The number of aliphatic hydroxyl groups excluding tert-OH is 1. The first-order chi connectivity index (χ1) is 11.2. The average Bonchev–Trinajstić information content (AvgIpc) is 3.11. The fourth-order valence-corrected chi connectivity index (χ4v) is 2.34. The molecule has 2 N–H and O–H groups in total. The molecule has 2 aromatic heterocycles. The van der Waals surface area contributed by atoms with E-state index in [1.165, 1.54) is 12.3 Å². The fraction of sp³-hybridized carbons (Fsp3) is 0.167. The first-order valence-corrected chi connectivity index (χ1v) is 7.35. The van der Waals surface area contributed by atoms with Crippen molar-refractivity contribution >= 4 is 0 Å². The van der Waals surface area contributed by atoms with Crippen LogP contribution in [0.15, 0.2) is 65.5 Å². The fourth-order valence-electron chi connectivity index (χ4n) is 2.34. The number of rotatable bonds is 6. The Morgan fingerprint density at radius 2 is 1.96 bits per heavy atom. The Morgan fingerprint density at radius 3 is 2.65 bits per heavy atom. The van der Waals surface area contributed by atoms with Crippen molar-refractivity contribution < 1.29 is 13.9 Å². The van der Waals surface area contributed by atoms with Gasteiger partial charge in [0.05, 0.1) is 6.26 Å². The number of pyridine rings is 1. The van der Waals surface area contributed by atoms with Gasteiger partial charge in [0.1, 0.15) is 17.7 Å². The van der Waals surface area contributed by atoms with Crippen molar-refractivity contribution in [3.63, 3.8) is 0 Å². The maximum absolute atomic E-state index is 14.2. The number of aromatic nitrogens is 1. The monoisotopic (exact) mass is 312 g/mol. The van der Waals surface area contributed by atoms with Gasteiger partial charge in [0.25, 0.3) is 0 Å². The standard InChI is InChI=1S/C18H17FN2O2/c19-16-10-14(13-5-7-20-8-6-13)3-4-15(16)11-21-12-17(22)18-2-1-9-23-18/h1-10,17,21-22H,11-12H2. The largest absolute Gasteiger partial charge is 0.467 e. The average molecular weight is 312 g/mol. The van der Waals surface area contributed by atoms with Crippen molar-refractivity contribution in [2.75, 3.05) is 6.54 Å². The third-order valence-corrected chi connectivity index (χ3v) is 3.59. The molecule has 0 spiro atoms. The summed E-state index contributed by atoms with van der Waals surface area (Å²) in [5.74, 6) is 0.213. The van der Waals surface area contributed by atoms with Gasteiger partial charge in [-0.2, -0.15) is 0 Å². The van der Waals surface area contributed by atoms with Crippen LogP contribution in [0.3, 0.4) is 0 Å². The van der Waals surface area contributed by atoms with Crippen molar-refractivity contribution in [3.8, 4) is 11.1 Å². The maximum atomic E-state index is 14.2. The van der Waals surface area contributed by atoms with Crippen molar-refractivity contribution in [2.24, 2.45) is 0 Å². The zero-order valence-electron chi connectivity index (χ0n) is 12.4. The molecule has 0 aliphatic rings. The second kappa shape index (κ2) is 7.17. The molecule has 0 aliphatic carbocycles. The molecule has 3 rings (SSSR count). The van der Waals surface area contributed by atoms with Gasteiger partial charge in [-0.25, -0.2) is 4.39 Å². The molecule has 3 aromatic rings. The Balaban J connectivity index is 1.61. The Labute approximate surface area is 133 Å². The van der Waals surface area contributed by atoms with Crippen LogP contribution in [0.25, 0.3) is 11.1 Å². The number of nitrogens with one attached hydrogen (secondary N) is 1. The number of furan rings is 1. The van der Waals surface area contributed by atoms with Gasteiger partial charge in [-0.05, 0) is 41.5 Å². The molecule has 23 heavy (non-hydrogen) atoms. The minimum absolute atomic E-state index is 0.278. The summed E-state index contributed by atoms with van der Waals surface area (Å²) in [6.45, 7) is 0.624. The normalized spacial score (nSPS) is 12.3. The van der Waals surface area contributed by atoms with Crippen LogP contribution >= 0.6 is 0 Å². The zero-order chi connectivity index (χ0) is 16.1. The van der Waals surface area contributed by atoms with E-state index in [-0.39, 0.29) is 5.82 Å².